The molecule has 13 heavy (non-hydrogen) atoms. The number of Topliss-reactive ketones (excluding diaryl/α,β-unsaturated/α-hetero) is 1. The Morgan fingerprint density at radius 1 is 1.46 bits per heavy atom. The first-order chi connectivity index (χ1) is 6.09. The maximum Gasteiger partial charge on any atom is 0.141 e. The zero-order valence-electron chi connectivity index (χ0n) is 8.37. The van der Waals surface area contributed by atoms with Crippen molar-refractivity contribution >= 4 is 5.78 Å². The molecule has 0 saturated heterocycles. The van der Waals surface area contributed by atoms with E-state index >= 15 is 0 Å². The highest BCUT2D eigenvalue weighted by molar-refractivity contribution is 5.82. The molecule has 2 nitrogen and oxygen atoms in total. The molecule has 0 fully saturated rings. The van der Waals surface area contributed by atoms with Gasteiger partial charge in [-0.3, -0.25) is 9.78 Å². The lowest BCUT2D eigenvalue weighted by atomic mass is 10.0. The Hall–Kier alpha value is -1.18. The number of nitrogens with zero attached hydrogens (tertiary/aromatic N) is 1. The zero-order chi connectivity index (χ0) is 9.84. The van der Waals surface area contributed by atoms with Gasteiger partial charge in [0.15, 0.2) is 0 Å². The predicted octanol–water partition coefficient (Wildman–Crippen LogP) is 2.16. The lowest BCUT2D eigenvalue weighted by Gasteiger charge is -2.03. The Labute approximate surface area is 79.0 Å². The van der Waals surface area contributed by atoms with E-state index in [1.54, 1.807) is 6.20 Å². The average Bonchev–Trinajstić information content (AvgIpc) is 2.08. The van der Waals surface area contributed by atoms with Crippen LogP contribution in [0.25, 0.3) is 0 Å². The monoisotopic (exact) mass is 177 g/mol. The van der Waals surface area contributed by atoms with Crippen molar-refractivity contribution in [1.29, 1.82) is 0 Å². The molecule has 1 aromatic heterocycles. The molecular formula is C11H15NO. The van der Waals surface area contributed by atoms with E-state index in [4.69, 9.17) is 0 Å². The van der Waals surface area contributed by atoms with Crippen LogP contribution in [-0.2, 0) is 11.2 Å². The van der Waals surface area contributed by atoms with Gasteiger partial charge in [-0.15, -0.1) is 0 Å². The molecular weight excluding hydrogens is 162 g/mol. The van der Waals surface area contributed by atoms with Crippen LogP contribution in [0.5, 0.6) is 0 Å². The fourth-order valence-corrected chi connectivity index (χ4v) is 0.986. The van der Waals surface area contributed by atoms with Crippen molar-refractivity contribution in [3.8, 4) is 0 Å². The molecule has 1 aromatic rings. The molecule has 0 bridgehead atoms. The van der Waals surface area contributed by atoms with Gasteiger partial charge in [-0.1, -0.05) is 19.9 Å². The van der Waals surface area contributed by atoms with Gasteiger partial charge in [0.25, 0.3) is 0 Å². The number of aryl methyl sites for hydroxylation is 1. The topological polar surface area (TPSA) is 30.0 Å². The van der Waals surface area contributed by atoms with Crippen LogP contribution in [0.3, 0.4) is 0 Å². The van der Waals surface area contributed by atoms with E-state index in [1.807, 2.05) is 32.9 Å². The van der Waals surface area contributed by atoms with Crippen LogP contribution < -0.4 is 0 Å². The lowest BCUT2D eigenvalue weighted by Crippen LogP contribution is -2.11. The molecule has 0 aliphatic rings. The minimum Gasteiger partial charge on any atom is -0.299 e. The summed E-state index contributed by atoms with van der Waals surface area (Å²) in [7, 11) is 0. The molecule has 2 heteroatoms. The van der Waals surface area contributed by atoms with Crippen molar-refractivity contribution in [2.24, 2.45) is 5.92 Å². The van der Waals surface area contributed by atoms with Crippen LogP contribution in [-0.4, -0.2) is 10.8 Å². The summed E-state index contributed by atoms with van der Waals surface area (Å²) in [6.45, 7) is 5.81. The van der Waals surface area contributed by atoms with Gasteiger partial charge in [0.2, 0.25) is 0 Å². The van der Waals surface area contributed by atoms with Gasteiger partial charge in [0, 0.05) is 24.2 Å². The van der Waals surface area contributed by atoms with Crippen LogP contribution in [0, 0.1) is 12.8 Å². The first-order valence-electron chi connectivity index (χ1n) is 4.54. The van der Waals surface area contributed by atoms with E-state index < -0.39 is 0 Å². The number of ketones is 1. The van der Waals surface area contributed by atoms with E-state index in [0.717, 1.165) is 11.3 Å². The first-order valence-corrected chi connectivity index (χ1v) is 4.54. The van der Waals surface area contributed by atoms with Gasteiger partial charge in [-0.2, -0.15) is 0 Å². The molecule has 0 aliphatic carbocycles. The number of rotatable bonds is 3. The van der Waals surface area contributed by atoms with Crippen LogP contribution in [0.1, 0.15) is 25.1 Å². The smallest absolute Gasteiger partial charge is 0.141 e. The van der Waals surface area contributed by atoms with E-state index in [0.29, 0.717) is 6.42 Å². The second kappa shape index (κ2) is 4.17. The van der Waals surface area contributed by atoms with Crippen molar-refractivity contribution < 1.29 is 4.79 Å². The molecule has 0 aliphatic heterocycles. The van der Waals surface area contributed by atoms with Gasteiger partial charge in [0.1, 0.15) is 5.78 Å². The highest BCUT2D eigenvalue weighted by atomic mass is 16.1. The Morgan fingerprint density at radius 3 is 2.62 bits per heavy atom. The zero-order valence-corrected chi connectivity index (χ0v) is 8.37. The fourth-order valence-electron chi connectivity index (χ4n) is 0.986. The van der Waals surface area contributed by atoms with Crippen LogP contribution in [0.2, 0.25) is 0 Å². The minimum atomic E-state index is 0.100. The Bertz CT molecular complexity index is 287. The minimum absolute atomic E-state index is 0.100. The molecule has 0 aromatic carbocycles. The van der Waals surface area contributed by atoms with Crippen molar-refractivity contribution in [3.63, 3.8) is 0 Å². The van der Waals surface area contributed by atoms with Crippen molar-refractivity contribution in [3.05, 3.63) is 29.6 Å². The summed E-state index contributed by atoms with van der Waals surface area (Å²) in [6, 6.07) is 3.89. The highest BCUT2D eigenvalue weighted by Gasteiger charge is 2.08. The van der Waals surface area contributed by atoms with Crippen molar-refractivity contribution in [2.45, 2.75) is 27.2 Å². The molecule has 0 atom stereocenters. The normalized spacial score (nSPS) is 10.5. The second-order valence-corrected chi connectivity index (χ2v) is 3.62. The van der Waals surface area contributed by atoms with E-state index in [1.165, 1.54) is 0 Å². The van der Waals surface area contributed by atoms with Crippen LogP contribution in [0.4, 0.5) is 0 Å². The van der Waals surface area contributed by atoms with Gasteiger partial charge in [0.05, 0.1) is 0 Å². The molecule has 1 rings (SSSR count). The second-order valence-electron chi connectivity index (χ2n) is 3.62. The Balaban J connectivity index is 2.65. The van der Waals surface area contributed by atoms with Crippen molar-refractivity contribution in [2.75, 3.05) is 0 Å². The van der Waals surface area contributed by atoms with Gasteiger partial charge >= 0.3 is 0 Å². The summed E-state index contributed by atoms with van der Waals surface area (Å²) in [5, 5.41) is 0. The van der Waals surface area contributed by atoms with Crippen molar-refractivity contribution in [1.82, 2.24) is 4.98 Å². The summed E-state index contributed by atoms with van der Waals surface area (Å²) in [5.41, 5.74) is 1.99. The summed E-state index contributed by atoms with van der Waals surface area (Å²) < 4.78 is 0. The summed E-state index contributed by atoms with van der Waals surface area (Å²) in [5.74, 6) is 0.347. The number of pyridine rings is 1. The highest BCUT2D eigenvalue weighted by Crippen LogP contribution is 2.04. The summed E-state index contributed by atoms with van der Waals surface area (Å²) in [6.07, 6.45) is 2.25. The SMILES string of the molecule is Cc1ccc(CC(=O)C(C)C)nc1. The molecule has 0 amide bonds. The number of aromatic nitrogens is 1. The van der Waals surface area contributed by atoms with Gasteiger partial charge in [-0.05, 0) is 18.6 Å². The first kappa shape index (κ1) is 9.90. The predicted molar refractivity (Wildman–Crippen MR) is 52.5 cm³/mol. The maximum atomic E-state index is 11.4. The number of hydrogen-bond acceptors (Lipinski definition) is 2. The Morgan fingerprint density at radius 2 is 2.15 bits per heavy atom. The lowest BCUT2D eigenvalue weighted by molar-refractivity contribution is -0.121. The van der Waals surface area contributed by atoms with E-state index in [2.05, 4.69) is 4.98 Å². The third kappa shape index (κ3) is 2.98. The molecule has 0 N–H and O–H groups in total. The average molecular weight is 177 g/mol. The van der Waals surface area contributed by atoms with E-state index in [9.17, 15) is 4.79 Å². The quantitative estimate of drug-likeness (QED) is 0.708. The number of carbonyl (C=O) groups is 1. The Kier molecular flexibility index (Phi) is 3.18. The molecule has 0 saturated carbocycles. The largest absolute Gasteiger partial charge is 0.299 e. The summed E-state index contributed by atoms with van der Waals surface area (Å²) >= 11 is 0. The van der Waals surface area contributed by atoms with Crippen LogP contribution >= 0.6 is 0 Å². The number of carbonyl (C=O) groups excluding carboxylic acids is 1. The fraction of sp³-hybridized carbons (Fsp3) is 0.455. The summed E-state index contributed by atoms with van der Waals surface area (Å²) in [4.78, 5) is 15.5. The molecule has 0 spiro atoms. The van der Waals surface area contributed by atoms with Crippen LogP contribution in [0.15, 0.2) is 18.3 Å². The number of hydrogen-bond donors (Lipinski definition) is 0. The van der Waals surface area contributed by atoms with E-state index in [-0.39, 0.29) is 11.7 Å². The molecule has 0 radical (unpaired) electrons. The third-order valence-corrected chi connectivity index (χ3v) is 1.97. The standard InChI is InChI=1S/C11H15NO/c1-8(2)11(13)6-10-5-4-9(3)7-12-10/h4-5,7-8H,6H2,1-3H3. The third-order valence-electron chi connectivity index (χ3n) is 1.97. The van der Waals surface area contributed by atoms with Gasteiger partial charge in [-0.25, -0.2) is 0 Å². The molecule has 0 unspecified atom stereocenters. The van der Waals surface area contributed by atoms with Gasteiger partial charge < -0.3 is 0 Å². The maximum absolute atomic E-state index is 11.4. The molecule has 1 heterocycles. The molecule has 70 valence electrons.